The number of hydrogen-bond acceptors (Lipinski definition) is 4. The summed E-state index contributed by atoms with van der Waals surface area (Å²) in [6.45, 7) is 2.00. The lowest BCUT2D eigenvalue weighted by Crippen LogP contribution is -2.43. The van der Waals surface area contributed by atoms with Gasteiger partial charge in [-0.1, -0.05) is 35.5 Å². The van der Waals surface area contributed by atoms with E-state index in [1.807, 2.05) is 37.3 Å². The Bertz CT molecular complexity index is 722. The molecule has 1 N–H and O–H groups in total. The summed E-state index contributed by atoms with van der Waals surface area (Å²) in [6, 6.07) is 11.2. The van der Waals surface area contributed by atoms with E-state index in [9.17, 15) is 9.59 Å². The van der Waals surface area contributed by atoms with E-state index in [4.69, 9.17) is 4.52 Å². The fourth-order valence-corrected chi connectivity index (χ4v) is 2.61. The van der Waals surface area contributed by atoms with Crippen LogP contribution in [0.15, 0.2) is 40.9 Å². The van der Waals surface area contributed by atoms with Crippen LogP contribution in [0.1, 0.15) is 30.3 Å². The molecule has 6 heteroatoms. The van der Waals surface area contributed by atoms with Crippen LogP contribution in [0.4, 0.5) is 0 Å². The molecule has 2 aromatic rings. The summed E-state index contributed by atoms with van der Waals surface area (Å²) in [6.07, 6.45) is 2.35. The van der Waals surface area contributed by atoms with Crippen LogP contribution >= 0.6 is 0 Å². The Kier molecular flexibility index (Phi) is 4.64. The highest BCUT2D eigenvalue weighted by atomic mass is 16.5. The Balaban J connectivity index is 1.55. The maximum absolute atomic E-state index is 12.1. The molecular formula is C18H21N3O3. The van der Waals surface area contributed by atoms with Crippen molar-refractivity contribution in [2.45, 2.75) is 25.8 Å². The first-order valence-electron chi connectivity index (χ1n) is 8.12. The van der Waals surface area contributed by atoms with Crippen molar-refractivity contribution in [3.8, 4) is 11.3 Å². The molecule has 1 aliphatic carbocycles. The molecule has 1 saturated carbocycles. The molecule has 6 nitrogen and oxygen atoms in total. The van der Waals surface area contributed by atoms with Crippen LogP contribution in [0.3, 0.4) is 0 Å². The third kappa shape index (κ3) is 3.64. The zero-order valence-electron chi connectivity index (χ0n) is 13.9. The maximum Gasteiger partial charge on any atom is 0.273 e. The standard InChI is InChI=1S/C18H21N3O3/c1-12(13-8-9-13)21(2)17(22)11-19-18(23)15-10-16(24-20-15)14-6-4-3-5-7-14/h3-7,10,12-13H,8-9,11H2,1-2H3,(H,19,23)/t12-/m0/s1. The largest absolute Gasteiger partial charge is 0.355 e. The van der Waals surface area contributed by atoms with E-state index in [0.717, 1.165) is 5.56 Å². The molecule has 3 rings (SSSR count). The lowest BCUT2D eigenvalue weighted by atomic mass is 10.1. The van der Waals surface area contributed by atoms with Crippen molar-refractivity contribution < 1.29 is 14.1 Å². The van der Waals surface area contributed by atoms with Gasteiger partial charge in [0.1, 0.15) is 0 Å². The van der Waals surface area contributed by atoms with Gasteiger partial charge in [0.2, 0.25) is 5.91 Å². The Morgan fingerprint density at radius 2 is 2.04 bits per heavy atom. The minimum atomic E-state index is -0.415. The van der Waals surface area contributed by atoms with Crippen LogP contribution in [0.5, 0.6) is 0 Å². The second-order valence-electron chi connectivity index (χ2n) is 6.21. The Morgan fingerprint density at radius 1 is 1.33 bits per heavy atom. The molecular weight excluding hydrogens is 306 g/mol. The Morgan fingerprint density at radius 3 is 2.71 bits per heavy atom. The van der Waals surface area contributed by atoms with Gasteiger partial charge in [-0.2, -0.15) is 0 Å². The first-order chi connectivity index (χ1) is 11.6. The summed E-state index contributed by atoms with van der Waals surface area (Å²) in [5.41, 5.74) is 1.01. The molecule has 0 unspecified atom stereocenters. The van der Waals surface area contributed by atoms with E-state index in [-0.39, 0.29) is 24.2 Å². The summed E-state index contributed by atoms with van der Waals surface area (Å²) in [5.74, 6) is 0.599. The Hall–Kier alpha value is -2.63. The summed E-state index contributed by atoms with van der Waals surface area (Å²) in [4.78, 5) is 26.0. The highest BCUT2D eigenvalue weighted by Crippen LogP contribution is 2.34. The quantitative estimate of drug-likeness (QED) is 0.883. The molecule has 0 spiro atoms. The highest BCUT2D eigenvalue weighted by Gasteiger charge is 2.32. The molecule has 2 amide bonds. The Labute approximate surface area is 140 Å². The molecule has 24 heavy (non-hydrogen) atoms. The molecule has 0 aliphatic heterocycles. The molecule has 0 radical (unpaired) electrons. The topological polar surface area (TPSA) is 75.4 Å². The third-order valence-corrected chi connectivity index (χ3v) is 4.51. The van der Waals surface area contributed by atoms with E-state index in [0.29, 0.717) is 11.7 Å². The van der Waals surface area contributed by atoms with Gasteiger partial charge < -0.3 is 14.7 Å². The number of hydrogen-bond donors (Lipinski definition) is 1. The average molecular weight is 327 g/mol. The molecule has 1 aromatic heterocycles. The van der Waals surface area contributed by atoms with E-state index in [1.165, 1.54) is 12.8 Å². The summed E-state index contributed by atoms with van der Waals surface area (Å²) in [5, 5.41) is 6.38. The van der Waals surface area contributed by atoms with Gasteiger partial charge in [0.05, 0.1) is 6.54 Å². The molecule has 126 valence electrons. The van der Waals surface area contributed by atoms with Crippen LogP contribution in [-0.2, 0) is 4.79 Å². The monoisotopic (exact) mass is 327 g/mol. The van der Waals surface area contributed by atoms with Crippen molar-refractivity contribution >= 4 is 11.8 Å². The summed E-state index contributed by atoms with van der Waals surface area (Å²) >= 11 is 0. The van der Waals surface area contributed by atoms with Gasteiger partial charge in [-0.25, -0.2) is 0 Å². The average Bonchev–Trinajstić information content (AvgIpc) is 3.35. The SMILES string of the molecule is C[C@@H](C1CC1)N(C)C(=O)CNC(=O)c1cc(-c2ccccc2)on1. The van der Waals surface area contributed by atoms with Crippen molar-refractivity contribution in [2.24, 2.45) is 5.92 Å². The van der Waals surface area contributed by atoms with Gasteiger partial charge in [0.15, 0.2) is 11.5 Å². The normalized spacial score (nSPS) is 14.9. The first-order valence-corrected chi connectivity index (χ1v) is 8.12. The van der Waals surface area contributed by atoms with Gasteiger partial charge in [0.25, 0.3) is 5.91 Å². The number of carbonyl (C=O) groups is 2. The zero-order valence-corrected chi connectivity index (χ0v) is 13.9. The minimum Gasteiger partial charge on any atom is -0.355 e. The predicted molar refractivity (Wildman–Crippen MR) is 89.2 cm³/mol. The summed E-state index contributed by atoms with van der Waals surface area (Å²) in [7, 11) is 1.78. The van der Waals surface area contributed by atoms with Crippen LogP contribution in [0, 0.1) is 5.92 Å². The lowest BCUT2D eigenvalue weighted by Gasteiger charge is -2.24. The second kappa shape index (κ2) is 6.86. The number of benzene rings is 1. The van der Waals surface area contributed by atoms with E-state index in [2.05, 4.69) is 10.5 Å². The number of nitrogens with zero attached hydrogens (tertiary/aromatic N) is 2. The molecule has 1 aromatic carbocycles. The van der Waals surface area contributed by atoms with Crippen molar-refractivity contribution in [3.63, 3.8) is 0 Å². The number of likely N-dealkylation sites (N-methyl/N-ethyl adjacent to an activating group) is 1. The lowest BCUT2D eigenvalue weighted by molar-refractivity contribution is -0.130. The highest BCUT2D eigenvalue weighted by molar-refractivity contribution is 5.95. The van der Waals surface area contributed by atoms with E-state index < -0.39 is 5.91 Å². The van der Waals surface area contributed by atoms with Crippen molar-refractivity contribution in [1.29, 1.82) is 0 Å². The number of amides is 2. The predicted octanol–water partition coefficient (Wildman–Crippen LogP) is 2.33. The van der Waals surface area contributed by atoms with Gasteiger partial charge >= 0.3 is 0 Å². The maximum atomic E-state index is 12.1. The van der Waals surface area contributed by atoms with Crippen LogP contribution in [-0.4, -0.2) is 41.5 Å². The minimum absolute atomic E-state index is 0.0417. The molecule has 1 atom stereocenters. The number of aromatic nitrogens is 1. The van der Waals surface area contributed by atoms with Crippen LogP contribution in [0.2, 0.25) is 0 Å². The number of nitrogens with one attached hydrogen (secondary N) is 1. The molecule has 1 fully saturated rings. The van der Waals surface area contributed by atoms with E-state index in [1.54, 1.807) is 18.0 Å². The van der Waals surface area contributed by atoms with Crippen molar-refractivity contribution in [1.82, 2.24) is 15.4 Å². The van der Waals surface area contributed by atoms with E-state index >= 15 is 0 Å². The van der Waals surface area contributed by atoms with Crippen molar-refractivity contribution in [3.05, 3.63) is 42.1 Å². The van der Waals surface area contributed by atoms with Crippen molar-refractivity contribution in [2.75, 3.05) is 13.6 Å². The summed E-state index contributed by atoms with van der Waals surface area (Å²) < 4.78 is 5.20. The number of carbonyl (C=O) groups excluding carboxylic acids is 2. The molecule has 1 heterocycles. The molecule has 0 bridgehead atoms. The van der Waals surface area contributed by atoms with Gasteiger partial charge in [-0.05, 0) is 25.7 Å². The fourth-order valence-electron chi connectivity index (χ4n) is 2.61. The van der Waals surface area contributed by atoms with Crippen LogP contribution < -0.4 is 5.32 Å². The number of rotatable bonds is 6. The van der Waals surface area contributed by atoms with Gasteiger partial charge in [-0.15, -0.1) is 0 Å². The zero-order chi connectivity index (χ0) is 17.1. The van der Waals surface area contributed by atoms with Gasteiger partial charge in [-0.3, -0.25) is 9.59 Å². The molecule has 0 saturated heterocycles. The second-order valence-corrected chi connectivity index (χ2v) is 6.21. The first kappa shape index (κ1) is 16.2. The smallest absolute Gasteiger partial charge is 0.273 e. The van der Waals surface area contributed by atoms with Crippen LogP contribution in [0.25, 0.3) is 11.3 Å². The van der Waals surface area contributed by atoms with Gasteiger partial charge in [0, 0.05) is 24.7 Å². The molecule has 1 aliphatic rings. The third-order valence-electron chi connectivity index (χ3n) is 4.51. The fraction of sp³-hybridized carbons (Fsp3) is 0.389.